The minimum atomic E-state index is -1.97. The highest BCUT2D eigenvalue weighted by atomic mass is 16.3. The molecule has 0 aliphatic carbocycles. The largest absolute Gasteiger partial charge is 0.394 e. The summed E-state index contributed by atoms with van der Waals surface area (Å²) in [5, 5.41) is 27.4. The summed E-state index contributed by atoms with van der Waals surface area (Å²) in [6.07, 6.45) is 6.70. The fraction of sp³-hybridized carbons (Fsp3) is 0.273. The van der Waals surface area contributed by atoms with Crippen LogP contribution in [0.5, 0.6) is 0 Å². The van der Waals surface area contributed by atoms with Gasteiger partial charge in [0.05, 0.1) is 35.6 Å². The van der Waals surface area contributed by atoms with Gasteiger partial charge in [0.2, 0.25) is 5.91 Å². The van der Waals surface area contributed by atoms with Crippen LogP contribution >= 0.6 is 0 Å². The van der Waals surface area contributed by atoms with E-state index in [1.54, 1.807) is 72.6 Å². The average Bonchev–Trinajstić information content (AvgIpc) is 3.59. The summed E-state index contributed by atoms with van der Waals surface area (Å²) in [5.41, 5.74) is -0.410. The van der Waals surface area contributed by atoms with Crippen molar-refractivity contribution in [1.82, 2.24) is 14.7 Å². The van der Waals surface area contributed by atoms with E-state index in [0.29, 0.717) is 34.6 Å². The molecule has 4 aromatic rings. The minimum Gasteiger partial charge on any atom is -0.394 e. The first kappa shape index (κ1) is 27.6. The Hall–Kier alpha value is -4.60. The Morgan fingerprint density at radius 1 is 1.07 bits per heavy atom. The van der Waals surface area contributed by atoms with E-state index in [2.05, 4.69) is 5.10 Å². The number of para-hydroxylation sites is 1. The topological polar surface area (TPSA) is 116 Å². The summed E-state index contributed by atoms with van der Waals surface area (Å²) in [4.78, 5) is 43.4. The van der Waals surface area contributed by atoms with Crippen molar-refractivity contribution in [2.24, 2.45) is 5.92 Å². The van der Waals surface area contributed by atoms with E-state index in [-0.39, 0.29) is 30.5 Å². The van der Waals surface area contributed by atoms with Crippen molar-refractivity contribution in [3.63, 3.8) is 0 Å². The average molecular weight is 565 g/mol. The van der Waals surface area contributed by atoms with Crippen LogP contribution in [0.25, 0.3) is 16.5 Å². The van der Waals surface area contributed by atoms with Crippen molar-refractivity contribution in [3.05, 3.63) is 107 Å². The number of hydrogen-bond acceptors (Lipinski definition) is 6. The minimum absolute atomic E-state index is 0.0658. The lowest BCUT2D eigenvalue weighted by atomic mass is 9.82. The highest BCUT2D eigenvalue weighted by Crippen LogP contribution is 2.48. The van der Waals surface area contributed by atoms with Crippen LogP contribution in [0.4, 0.5) is 11.4 Å². The third-order valence-electron chi connectivity index (χ3n) is 8.40. The van der Waals surface area contributed by atoms with E-state index < -0.39 is 17.4 Å². The Morgan fingerprint density at radius 3 is 2.62 bits per heavy atom. The van der Waals surface area contributed by atoms with Crippen molar-refractivity contribution in [3.8, 4) is 5.69 Å². The lowest BCUT2D eigenvalue weighted by Gasteiger charge is -2.28. The Balaban J connectivity index is 1.39. The van der Waals surface area contributed by atoms with Gasteiger partial charge in [0, 0.05) is 35.5 Å². The smallest absolute Gasteiger partial charge is 0.279 e. The van der Waals surface area contributed by atoms with Crippen molar-refractivity contribution in [2.45, 2.75) is 37.8 Å². The molecule has 3 heterocycles. The second-order valence-electron chi connectivity index (χ2n) is 10.9. The number of aliphatic hydroxyl groups excluding tert-OH is 1. The van der Waals surface area contributed by atoms with Crippen molar-refractivity contribution in [2.75, 3.05) is 18.1 Å². The lowest BCUT2D eigenvalue weighted by molar-refractivity contribution is -0.138. The van der Waals surface area contributed by atoms with Gasteiger partial charge in [-0.05, 0) is 49.2 Å². The molecule has 0 radical (unpaired) electrons. The maximum Gasteiger partial charge on any atom is 0.279 e. The molecular formula is C33H32N4O5. The highest BCUT2D eigenvalue weighted by molar-refractivity contribution is 6.12. The van der Waals surface area contributed by atoms with E-state index in [1.165, 1.54) is 9.58 Å². The second kappa shape index (κ2) is 11.0. The molecule has 0 saturated carbocycles. The molecule has 2 amide bonds. The maximum absolute atomic E-state index is 14.1. The van der Waals surface area contributed by atoms with Crippen LogP contribution in [0.3, 0.4) is 0 Å². The van der Waals surface area contributed by atoms with Crippen molar-refractivity contribution < 1.29 is 19.8 Å². The molecule has 0 unspecified atom stereocenters. The molecular weight excluding hydrogens is 532 g/mol. The zero-order chi connectivity index (χ0) is 29.4. The van der Waals surface area contributed by atoms with Crippen molar-refractivity contribution in [1.29, 1.82) is 0 Å². The molecule has 42 heavy (non-hydrogen) atoms. The zero-order valence-electron chi connectivity index (χ0n) is 23.3. The molecule has 1 fully saturated rings. The standard InChI is InChI=1S/C33H32N4O5/c1-22(9-7-15-30(39)35-18-8-13-26(35)21-38)33(42)28-19-25(37-31(40)27-14-6-5-10-23(27)20-34-37)16-17-29(28)36(32(33)41)24-11-3-2-4-12-24/h2-7,9-12,14,16-17,19-20,22,26,38,42H,8,13,15,18,21H2,1H3/b9-7+/t22-,26+,33+/m1/s1. The molecule has 2 aliphatic rings. The quantitative estimate of drug-likeness (QED) is 0.330. The van der Waals surface area contributed by atoms with Crippen LogP contribution in [0.2, 0.25) is 0 Å². The third-order valence-corrected chi connectivity index (χ3v) is 8.40. The van der Waals surface area contributed by atoms with Gasteiger partial charge in [-0.3, -0.25) is 19.3 Å². The first-order valence-corrected chi connectivity index (χ1v) is 14.2. The van der Waals surface area contributed by atoms with E-state index in [9.17, 15) is 24.6 Å². The molecule has 2 N–H and O–H groups in total. The lowest BCUT2D eigenvalue weighted by Crippen LogP contribution is -2.43. The Kier molecular flexibility index (Phi) is 7.22. The van der Waals surface area contributed by atoms with Crippen molar-refractivity contribution >= 4 is 34.0 Å². The molecule has 214 valence electrons. The number of hydrogen-bond donors (Lipinski definition) is 2. The van der Waals surface area contributed by atoms with E-state index in [0.717, 1.165) is 18.2 Å². The molecule has 3 atom stereocenters. The number of amides is 2. The Labute approximate surface area is 242 Å². The van der Waals surface area contributed by atoms with Gasteiger partial charge in [-0.15, -0.1) is 0 Å². The van der Waals surface area contributed by atoms with Gasteiger partial charge in [0.1, 0.15) is 0 Å². The number of nitrogens with zero attached hydrogens (tertiary/aromatic N) is 4. The number of aromatic nitrogens is 2. The number of rotatable bonds is 7. The number of carbonyl (C=O) groups excluding carboxylic acids is 2. The number of aliphatic hydroxyl groups is 2. The zero-order valence-corrected chi connectivity index (χ0v) is 23.3. The van der Waals surface area contributed by atoms with E-state index in [1.807, 2.05) is 30.3 Å². The van der Waals surface area contributed by atoms with Gasteiger partial charge >= 0.3 is 0 Å². The molecule has 2 aliphatic heterocycles. The number of anilines is 2. The fourth-order valence-electron chi connectivity index (χ4n) is 6.08. The van der Waals surface area contributed by atoms with Crippen LogP contribution < -0.4 is 10.5 Å². The molecule has 1 aromatic heterocycles. The fourth-order valence-corrected chi connectivity index (χ4v) is 6.08. The van der Waals surface area contributed by atoms with Gasteiger partial charge in [0.25, 0.3) is 11.5 Å². The first-order chi connectivity index (χ1) is 20.3. The van der Waals surface area contributed by atoms with E-state index >= 15 is 0 Å². The van der Waals surface area contributed by atoms with Gasteiger partial charge in [-0.25, -0.2) is 0 Å². The van der Waals surface area contributed by atoms with Crippen LogP contribution in [0.15, 0.2) is 95.9 Å². The summed E-state index contributed by atoms with van der Waals surface area (Å²) in [5.74, 6) is -1.34. The summed E-state index contributed by atoms with van der Waals surface area (Å²) in [7, 11) is 0. The maximum atomic E-state index is 14.1. The van der Waals surface area contributed by atoms with Gasteiger partial charge in [-0.2, -0.15) is 9.78 Å². The Bertz CT molecular complexity index is 1750. The number of benzene rings is 3. The normalized spacial score (nSPS) is 20.9. The molecule has 0 spiro atoms. The third kappa shape index (κ3) is 4.51. The summed E-state index contributed by atoms with van der Waals surface area (Å²) < 4.78 is 1.27. The predicted molar refractivity (Wildman–Crippen MR) is 160 cm³/mol. The summed E-state index contributed by atoms with van der Waals surface area (Å²) in [6, 6.07) is 21.2. The van der Waals surface area contributed by atoms with Crippen LogP contribution in [-0.4, -0.2) is 55.9 Å². The molecule has 0 bridgehead atoms. The Morgan fingerprint density at radius 2 is 1.83 bits per heavy atom. The predicted octanol–water partition coefficient (Wildman–Crippen LogP) is 3.82. The summed E-state index contributed by atoms with van der Waals surface area (Å²) in [6.45, 7) is 2.28. The molecule has 9 heteroatoms. The first-order valence-electron chi connectivity index (χ1n) is 14.2. The van der Waals surface area contributed by atoms with Gasteiger partial charge < -0.3 is 15.1 Å². The van der Waals surface area contributed by atoms with Gasteiger partial charge in [-0.1, -0.05) is 55.5 Å². The summed E-state index contributed by atoms with van der Waals surface area (Å²) >= 11 is 0. The monoisotopic (exact) mass is 564 g/mol. The molecule has 1 saturated heterocycles. The number of carbonyl (C=O) groups is 2. The molecule has 9 nitrogen and oxygen atoms in total. The molecule has 6 rings (SSSR count). The van der Waals surface area contributed by atoms with Gasteiger partial charge in [0.15, 0.2) is 5.60 Å². The van der Waals surface area contributed by atoms with Crippen LogP contribution in [-0.2, 0) is 15.2 Å². The second-order valence-corrected chi connectivity index (χ2v) is 10.9. The van der Waals surface area contributed by atoms with E-state index in [4.69, 9.17) is 0 Å². The number of likely N-dealkylation sites (tertiary alicyclic amines) is 1. The number of fused-ring (bicyclic) bond motifs is 2. The van der Waals surface area contributed by atoms with Crippen LogP contribution in [0.1, 0.15) is 31.7 Å². The SMILES string of the molecule is C[C@H](/C=C/CC(=O)N1CCC[C@H]1CO)[C@@]1(O)C(=O)N(c2ccccc2)c2ccc(-n3ncc4ccccc4c3=O)cc21. The highest BCUT2D eigenvalue weighted by Gasteiger charge is 2.53. The van der Waals surface area contributed by atoms with Crippen LogP contribution in [0, 0.1) is 5.92 Å². The molecule has 3 aromatic carbocycles.